The molecule has 0 amide bonds. The van der Waals surface area contributed by atoms with E-state index in [1.807, 2.05) is 11.4 Å². The zero-order valence-corrected chi connectivity index (χ0v) is 11.2. The summed E-state index contributed by atoms with van der Waals surface area (Å²) in [5.41, 5.74) is 2.02. The number of thiophene rings is 1. The molecule has 2 aromatic rings. The largest absolute Gasteiger partial charge is 0.481 e. The molecule has 0 saturated heterocycles. The zero-order chi connectivity index (χ0) is 13.2. The molecule has 0 saturated carbocycles. The molecule has 0 bridgehead atoms. The van der Waals surface area contributed by atoms with Crippen LogP contribution in [0.5, 0.6) is 0 Å². The van der Waals surface area contributed by atoms with Crippen LogP contribution in [-0.4, -0.2) is 21.0 Å². The molecule has 5 heteroatoms. The van der Waals surface area contributed by atoms with E-state index in [1.165, 1.54) is 4.88 Å². The first kappa shape index (κ1) is 12.3. The van der Waals surface area contributed by atoms with Crippen LogP contribution < -0.4 is 0 Å². The number of hydrogen-bond acceptors (Lipinski definition) is 4. The van der Waals surface area contributed by atoms with Gasteiger partial charge in [0.1, 0.15) is 5.82 Å². The van der Waals surface area contributed by atoms with Gasteiger partial charge in [-0.05, 0) is 36.3 Å². The van der Waals surface area contributed by atoms with Crippen molar-refractivity contribution in [2.45, 2.75) is 25.7 Å². The fourth-order valence-electron chi connectivity index (χ4n) is 2.41. The van der Waals surface area contributed by atoms with Crippen LogP contribution in [0.3, 0.4) is 0 Å². The lowest BCUT2D eigenvalue weighted by Gasteiger charge is -2.20. The van der Waals surface area contributed by atoms with Gasteiger partial charge in [0.2, 0.25) is 0 Å². The summed E-state index contributed by atoms with van der Waals surface area (Å²) < 4.78 is 0. The van der Waals surface area contributed by atoms with Crippen LogP contribution in [0.25, 0.3) is 0 Å². The van der Waals surface area contributed by atoms with Crippen LogP contribution in [-0.2, 0) is 24.1 Å². The Morgan fingerprint density at radius 1 is 1.53 bits per heavy atom. The van der Waals surface area contributed by atoms with Gasteiger partial charge in [0.05, 0.1) is 5.92 Å². The molecule has 1 N–H and O–H groups in total. The second-order valence-electron chi connectivity index (χ2n) is 4.79. The first-order chi connectivity index (χ1) is 9.22. The van der Waals surface area contributed by atoms with Crippen molar-refractivity contribution in [1.82, 2.24) is 9.97 Å². The summed E-state index contributed by atoms with van der Waals surface area (Å²) in [7, 11) is 0. The number of carboxylic acid groups (broad SMARTS) is 1. The Morgan fingerprint density at radius 2 is 2.42 bits per heavy atom. The molecular formula is C14H14N2O2S. The lowest BCUT2D eigenvalue weighted by atomic mass is 9.87. The molecule has 1 aliphatic rings. The monoisotopic (exact) mass is 274 g/mol. The van der Waals surface area contributed by atoms with Crippen LogP contribution in [0.15, 0.2) is 23.7 Å². The van der Waals surface area contributed by atoms with Crippen molar-refractivity contribution in [2.24, 2.45) is 5.92 Å². The highest BCUT2D eigenvalue weighted by atomic mass is 32.1. The van der Waals surface area contributed by atoms with E-state index in [4.69, 9.17) is 5.11 Å². The summed E-state index contributed by atoms with van der Waals surface area (Å²) in [6, 6.07) is 4.10. The molecule has 4 nitrogen and oxygen atoms in total. The summed E-state index contributed by atoms with van der Waals surface area (Å²) in [5, 5.41) is 11.1. The van der Waals surface area contributed by atoms with Crippen molar-refractivity contribution in [3.63, 3.8) is 0 Å². The molecule has 3 rings (SSSR count). The van der Waals surface area contributed by atoms with E-state index in [0.717, 1.165) is 29.9 Å². The molecule has 0 aromatic carbocycles. The zero-order valence-electron chi connectivity index (χ0n) is 10.4. The van der Waals surface area contributed by atoms with Crippen molar-refractivity contribution < 1.29 is 9.90 Å². The molecule has 98 valence electrons. The number of aryl methyl sites for hydroxylation is 1. The van der Waals surface area contributed by atoms with Gasteiger partial charge in [-0.3, -0.25) is 4.79 Å². The van der Waals surface area contributed by atoms with Crippen LogP contribution in [0.4, 0.5) is 0 Å². The average Bonchev–Trinajstić information content (AvgIpc) is 2.91. The molecule has 2 aromatic heterocycles. The lowest BCUT2D eigenvalue weighted by Crippen LogP contribution is -2.23. The van der Waals surface area contributed by atoms with E-state index in [-0.39, 0.29) is 5.92 Å². The van der Waals surface area contributed by atoms with E-state index in [9.17, 15) is 4.79 Å². The molecule has 0 aliphatic heterocycles. The Kier molecular flexibility index (Phi) is 3.29. The third-order valence-electron chi connectivity index (χ3n) is 3.46. The van der Waals surface area contributed by atoms with Crippen molar-refractivity contribution in [2.75, 3.05) is 0 Å². The van der Waals surface area contributed by atoms with Crippen LogP contribution in [0.1, 0.15) is 28.4 Å². The number of aliphatic carboxylic acids is 1. The minimum atomic E-state index is -0.715. The number of carbonyl (C=O) groups is 1. The van der Waals surface area contributed by atoms with E-state index in [0.29, 0.717) is 12.8 Å². The molecule has 0 radical (unpaired) electrons. The standard InChI is InChI=1S/C14H14N2O2S/c17-14(18)9-3-4-12-10(6-9)8-15-13(16-12)7-11-2-1-5-19-11/h1-2,5,8-9H,3-4,6-7H2,(H,17,18). The number of fused-ring (bicyclic) bond motifs is 1. The van der Waals surface area contributed by atoms with Crippen molar-refractivity contribution >= 4 is 17.3 Å². The minimum absolute atomic E-state index is 0.278. The smallest absolute Gasteiger partial charge is 0.306 e. The Bertz CT molecular complexity index is 595. The third-order valence-corrected chi connectivity index (χ3v) is 4.34. The maximum atomic E-state index is 11.0. The topological polar surface area (TPSA) is 63.1 Å². The normalized spacial score (nSPS) is 18.0. The molecule has 1 unspecified atom stereocenters. The van der Waals surface area contributed by atoms with Gasteiger partial charge in [-0.1, -0.05) is 6.07 Å². The summed E-state index contributed by atoms with van der Waals surface area (Å²) in [6.07, 6.45) is 4.54. The van der Waals surface area contributed by atoms with Gasteiger partial charge in [0.25, 0.3) is 0 Å². The average molecular weight is 274 g/mol. The van der Waals surface area contributed by atoms with Crippen molar-refractivity contribution in [1.29, 1.82) is 0 Å². The lowest BCUT2D eigenvalue weighted by molar-refractivity contribution is -0.142. The minimum Gasteiger partial charge on any atom is -0.481 e. The second kappa shape index (κ2) is 5.09. The van der Waals surface area contributed by atoms with E-state index < -0.39 is 5.97 Å². The molecular weight excluding hydrogens is 260 g/mol. The number of carboxylic acids is 1. The summed E-state index contributed by atoms with van der Waals surface area (Å²) in [6.45, 7) is 0. The summed E-state index contributed by atoms with van der Waals surface area (Å²) in [4.78, 5) is 21.2. The summed E-state index contributed by atoms with van der Waals surface area (Å²) >= 11 is 1.70. The second-order valence-corrected chi connectivity index (χ2v) is 5.82. The molecule has 1 aliphatic carbocycles. The number of rotatable bonds is 3. The Labute approximate surface area is 115 Å². The van der Waals surface area contributed by atoms with Crippen molar-refractivity contribution in [3.05, 3.63) is 45.7 Å². The fourth-order valence-corrected chi connectivity index (χ4v) is 3.12. The predicted octanol–water partition coefficient (Wildman–Crippen LogP) is 2.32. The molecule has 0 fully saturated rings. The Hall–Kier alpha value is -1.75. The highest BCUT2D eigenvalue weighted by Crippen LogP contribution is 2.24. The number of hydrogen-bond donors (Lipinski definition) is 1. The van der Waals surface area contributed by atoms with Crippen molar-refractivity contribution in [3.8, 4) is 0 Å². The quantitative estimate of drug-likeness (QED) is 0.933. The van der Waals surface area contributed by atoms with Gasteiger partial charge in [-0.15, -0.1) is 11.3 Å². The fraction of sp³-hybridized carbons (Fsp3) is 0.357. The molecule has 2 heterocycles. The van der Waals surface area contributed by atoms with Gasteiger partial charge in [0, 0.05) is 23.2 Å². The van der Waals surface area contributed by atoms with Crippen LogP contribution >= 0.6 is 11.3 Å². The Balaban J connectivity index is 1.79. The molecule has 0 spiro atoms. The Morgan fingerprint density at radius 3 is 3.16 bits per heavy atom. The van der Waals surface area contributed by atoms with Crippen LogP contribution in [0, 0.1) is 5.92 Å². The maximum absolute atomic E-state index is 11.0. The third kappa shape index (κ3) is 2.66. The SMILES string of the molecule is O=C(O)C1CCc2nc(Cc3cccs3)ncc2C1. The van der Waals surface area contributed by atoms with Gasteiger partial charge in [0.15, 0.2) is 0 Å². The highest BCUT2D eigenvalue weighted by Gasteiger charge is 2.25. The predicted molar refractivity (Wildman–Crippen MR) is 72.3 cm³/mol. The van der Waals surface area contributed by atoms with Gasteiger partial charge >= 0.3 is 5.97 Å². The van der Waals surface area contributed by atoms with E-state index in [1.54, 1.807) is 17.5 Å². The first-order valence-electron chi connectivity index (χ1n) is 6.31. The maximum Gasteiger partial charge on any atom is 0.306 e. The number of aromatic nitrogens is 2. The summed E-state index contributed by atoms with van der Waals surface area (Å²) in [5.74, 6) is -0.164. The van der Waals surface area contributed by atoms with E-state index in [2.05, 4.69) is 16.0 Å². The highest BCUT2D eigenvalue weighted by molar-refractivity contribution is 7.09. The molecule has 1 atom stereocenters. The number of nitrogens with zero attached hydrogens (tertiary/aromatic N) is 2. The first-order valence-corrected chi connectivity index (χ1v) is 7.19. The van der Waals surface area contributed by atoms with Gasteiger partial charge in [-0.2, -0.15) is 0 Å². The van der Waals surface area contributed by atoms with Crippen LogP contribution in [0.2, 0.25) is 0 Å². The molecule has 19 heavy (non-hydrogen) atoms. The van der Waals surface area contributed by atoms with Gasteiger partial charge in [-0.25, -0.2) is 9.97 Å². The van der Waals surface area contributed by atoms with E-state index >= 15 is 0 Å². The van der Waals surface area contributed by atoms with Gasteiger partial charge < -0.3 is 5.11 Å².